The zero-order valence-corrected chi connectivity index (χ0v) is 29.7. The van der Waals surface area contributed by atoms with Gasteiger partial charge in [0.15, 0.2) is 12.3 Å². The summed E-state index contributed by atoms with van der Waals surface area (Å²) in [5, 5.41) is 56.6. The van der Waals surface area contributed by atoms with E-state index >= 15 is 0 Å². The highest BCUT2D eigenvalue weighted by Gasteiger charge is 2.33. The van der Waals surface area contributed by atoms with Crippen molar-refractivity contribution in [3.8, 4) is 5.75 Å². The van der Waals surface area contributed by atoms with Crippen molar-refractivity contribution in [3.63, 3.8) is 0 Å². The van der Waals surface area contributed by atoms with Crippen LogP contribution in [-0.2, 0) is 33.4 Å². The van der Waals surface area contributed by atoms with E-state index in [0.717, 1.165) is 19.3 Å². The van der Waals surface area contributed by atoms with Crippen LogP contribution in [0.25, 0.3) is 0 Å². The molecule has 0 spiro atoms. The molecule has 1 saturated heterocycles. The van der Waals surface area contributed by atoms with E-state index in [4.69, 9.17) is 14.6 Å². The molecule has 1 fully saturated rings. The van der Waals surface area contributed by atoms with E-state index in [1.165, 1.54) is 6.07 Å². The SMILES string of the molecule is C[C@@H](CC(=O)N[C@H]1CCCCN(O)C1=O)O[C@@H](O)[C@H](CCCCN(O)C(=O)CCCCCCCC(=O)O)NC(=O)[C@@H]1COC(c2ccccc2O)=N1. The summed E-state index contributed by atoms with van der Waals surface area (Å²) >= 11 is 0. The molecule has 17 nitrogen and oxygen atoms in total. The van der Waals surface area contributed by atoms with Crippen molar-refractivity contribution in [2.75, 3.05) is 19.7 Å². The van der Waals surface area contributed by atoms with Gasteiger partial charge in [-0.15, -0.1) is 0 Å². The molecule has 52 heavy (non-hydrogen) atoms. The van der Waals surface area contributed by atoms with Crippen LogP contribution in [0.2, 0.25) is 0 Å². The molecule has 1 aromatic carbocycles. The maximum atomic E-state index is 13.3. The van der Waals surface area contributed by atoms with Crippen LogP contribution < -0.4 is 10.6 Å². The first-order chi connectivity index (χ1) is 24.8. The van der Waals surface area contributed by atoms with Crippen molar-refractivity contribution in [2.24, 2.45) is 4.99 Å². The third kappa shape index (κ3) is 14.4. The number of amides is 4. The highest BCUT2D eigenvalue weighted by Crippen LogP contribution is 2.22. The number of carbonyl (C=O) groups excluding carboxylic acids is 4. The summed E-state index contributed by atoms with van der Waals surface area (Å²) in [7, 11) is 0. The minimum Gasteiger partial charge on any atom is -0.507 e. The number of aliphatic imine (C=N–C) groups is 1. The molecule has 17 heteroatoms. The van der Waals surface area contributed by atoms with Gasteiger partial charge in [0, 0.05) is 25.9 Å². The lowest BCUT2D eigenvalue weighted by molar-refractivity contribution is -0.168. The van der Waals surface area contributed by atoms with Gasteiger partial charge in [0.2, 0.25) is 23.6 Å². The van der Waals surface area contributed by atoms with Crippen LogP contribution >= 0.6 is 0 Å². The molecule has 0 aliphatic carbocycles. The minimum atomic E-state index is -1.58. The number of unbranched alkanes of at least 4 members (excludes halogenated alkanes) is 5. The normalized spacial score (nSPS) is 19.1. The summed E-state index contributed by atoms with van der Waals surface area (Å²) in [6.45, 7) is 1.64. The first kappa shape index (κ1) is 42.1. The molecule has 0 bridgehead atoms. The fraction of sp³-hybridized carbons (Fsp3) is 0.657. The summed E-state index contributed by atoms with van der Waals surface area (Å²) in [5.74, 6) is -2.95. The van der Waals surface area contributed by atoms with E-state index < -0.39 is 60.1 Å². The van der Waals surface area contributed by atoms with Crippen LogP contribution in [0.1, 0.15) is 102 Å². The molecule has 2 aliphatic heterocycles. The number of rotatable bonds is 22. The number of aliphatic hydroxyl groups is 1. The van der Waals surface area contributed by atoms with E-state index in [2.05, 4.69) is 15.6 Å². The summed E-state index contributed by atoms with van der Waals surface area (Å²) in [6.07, 6.45) is 3.52. The number of phenols is 1. The number of aromatic hydroxyl groups is 1. The number of hydrogen-bond donors (Lipinski definition) is 7. The third-order valence-electron chi connectivity index (χ3n) is 8.81. The first-order valence-corrected chi connectivity index (χ1v) is 18.0. The Balaban J connectivity index is 1.53. The second-order valence-corrected chi connectivity index (χ2v) is 13.2. The van der Waals surface area contributed by atoms with Crippen molar-refractivity contribution in [1.82, 2.24) is 20.8 Å². The van der Waals surface area contributed by atoms with E-state index in [1.807, 2.05) is 0 Å². The minimum absolute atomic E-state index is 0.0154. The van der Waals surface area contributed by atoms with Crippen molar-refractivity contribution in [3.05, 3.63) is 29.8 Å². The van der Waals surface area contributed by atoms with Crippen molar-refractivity contribution in [1.29, 1.82) is 0 Å². The van der Waals surface area contributed by atoms with Crippen LogP contribution in [0.3, 0.4) is 0 Å². The zero-order valence-electron chi connectivity index (χ0n) is 29.7. The van der Waals surface area contributed by atoms with Gasteiger partial charge in [-0.1, -0.05) is 31.4 Å². The van der Waals surface area contributed by atoms with Crippen molar-refractivity contribution in [2.45, 2.75) is 127 Å². The lowest BCUT2D eigenvalue weighted by atomic mass is 10.1. The molecule has 0 unspecified atom stereocenters. The van der Waals surface area contributed by atoms with Crippen LogP contribution in [0.15, 0.2) is 29.3 Å². The average Bonchev–Trinajstić information content (AvgIpc) is 3.54. The van der Waals surface area contributed by atoms with Gasteiger partial charge in [-0.25, -0.2) is 15.1 Å². The number of nitrogens with one attached hydrogen (secondary N) is 2. The zero-order chi connectivity index (χ0) is 38.0. The van der Waals surface area contributed by atoms with Crippen LogP contribution in [-0.4, -0.2) is 122 Å². The molecular weight excluding hydrogens is 682 g/mol. The molecule has 5 atom stereocenters. The Hall–Kier alpha value is -4.32. The van der Waals surface area contributed by atoms with E-state index in [-0.39, 0.29) is 57.0 Å². The topological polar surface area (TPSA) is 248 Å². The quantitative estimate of drug-likeness (QED) is 0.0392. The molecule has 4 amide bonds. The van der Waals surface area contributed by atoms with E-state index in [1.54, 1.807) is 25.1 Å². The van der Waals surface area contributed by atoms with Gasteiger partial charge >= 0.3 is 5.97 Å². The summed E-state index contributed by atoms with van der Waals surface area (Å²) in [6, 6.07) is 3.52. The second-order valence-electron chi connectivity index (χ2n) is 13.2. The second kappa shape index (κ2) is 21.9. The molecule has 2 aliphatic rings. The Morgan fingerprint density at radius 1 is 1.06 bits per heavy atom. The van der Waals surface area contributed by atoms with Gasteiger partial charge in [-0.3, -0.25) is 34.4 Å². The average molecular weight is 736 g/mol. The number of aliphatic carboxylic acids is 1. The van der Waals surface area contributed by atoms with Crippen LogP contribution in [0.5, 0.6) is 5.75 Å². The van der Waals surface area contributed by atoms with Gasteiger partial charge in [0.05, 0.1) is 24.1 Å². The number of hydrogen-bond acceptors (Lipinski definition) is 12. The molecule has 290 valence electrons. The van der Waals surface area contributed by atoms with Crippen molar-refractivity contribution < 1.29 is 59.2 Å². The molecule has 0 radical (unpaired) electrons. The Labute approximate surface area is 302 Å². The number of carboxylic acid groups (broad SMARTS) is 1. The molecule has 1 aromatic rings. The Morgan fingerprint density at radius 3 is 2.50 bits per heavy atom. The van der Waals surface area contributed by atoms with E-state index in [9.17, 15) is 44.6 Å². The number of carboxylic acids is 1. The maximum Gasteiger partial charge on any atom is 0.303 e. The number of phenolic OH excluding ortho intramolecular Hbond substituents is 1. The van der Waals surface area contributed by atoms with Gasteiger partial charge in [-0.2, -0.15) is 0 Å². The number of aliphatic hydroxyl groups excluding tert-OH is 1. The Kier molecular flexibility index (Phi) is 17.7. The molecule has 3 rings (SSSR count). The van der Waals surface area contributed by atoms with E-state index in [0.29, 0.717) is 60.6 Å². The molecular formula is C35H53N5O12. The number of carbonyl (C=O) groups is 5. The lowest BCUT2D eigenvalue weighted by Gasteiger charge is -2.28. The maximum absolute atomic E-state index is 13.3. The predicted octanol–water partition coefficient (Wildman–Crippen LogP) is 2.23. The molecule has 7 N–H and O–H groups in total. The number of para-hydroxylation sites is 1. The van der Waals surface area contributed by atoms with Gasteiger partial charge in [0.1, 0.15) is 18.4 Å². The number of nitrogens with zero attached hydrogens (tertiary/aromatic N) is 3. The van der Waals surface area contributed by atoms with Gasteiger partial charge in [-0.05, 0) is 70.4 Å². The first-order valence-electron chi connectivity index (χ1n) is 18.0. The number of ether oxygens (including phenoxy) is 2. The fourth-order valence-electron chi connectivity index (χ4n) is 5.89. The van der Waals surface area contributed by atoms with Gasteiger partial charge in [0.25, 0.3) is 5.91 Å². The summed E-state index contributed by atoms with van der Waals surface area (Å²) in [4.78, 5) is 65.6. The fourth-order valence-corrected chi connectivity index (χ4v) is 5.89. The highest BCUT2D eigenvalue weighted by molar-refractivity contribution is 6.00. The summed E-state index contributed by atoms with van der Waals surface area (Å²) in [5.41, 5.74) is 0.320. The Bertz CT molecular complexity index is 1380. The molecule has 0 saturated carbocycles. The number of benzene rings is 1. The van der Waals surface area contributed by atoms with Gasteiger partial charge < -0.3 is 35.4 Å². The monoisotopic (exact) mass is 735 g/mol. The Morgan fingerprint density at radius 2 is 1.77 bits per heavy atom. The third-order valence-corrected chi connectivity index (χ3v) is 8.81. The van der Waals surface area contributed by atoms with Crippen LogP contribution in [0, 0.1) is 0 Å². The standard InChI is InChI=1S/C35H53N5O12/c1-23(21-29(42)36-25-14-9-12-20-40(50)34(25)47)52-35(48)26(37-32(46)27-22-51-33(38-27)24-13-7-8-16-28(24)41)15-10-11-19-39(49)30(43)17-5-3-2-4-6-18-31(44)45/h7-8,13,16,23,25-27,35,41,48-50H,2-6,9-12,14-15,17-22H2,1H3,(H,36,42)(H,37,46)(H,44,45)/t23-,25-,26-,27-,35+/m0/s1. The highest BCUT2D eigenvalue weighted by atomic mass is 16.6. The molecule has 0 aromatic heterocycles. The van der Waals surface area contributed by atoms with Crippen molar-refractivity contribution >= 4 is 35.5 Å². The molecule has 2 heterocycles. The smallest absolute Gasteiger partial charge is 0.303 e. The largest absolute Gasteiger partial charge is 0.507 e. The summed E-state index contributed by atoms with van der Waals surface area (Å²) < 4.78 is 11.3. The predicted molar refractivity (Wildman–Crippen MR) is 184 cm³/mol. The number of hydroxylamine groups is 4. The lowest BCUT2D eigenvalue weighted by Crippen LogP contribution is -2.49. The van der Waals surface area contributed by atoms with Crippen LogP contribution in [0.4, 0.5) is 0 Å².